The number of carbonyl (C=O) groups excluding carboxylic acids is 1. The number of aromatic nitrogens is 2. The Morgan fingerprint density at radius 1 is 1.21 bits per heavy atom. The molecular formula is C20H22N4O2S2. The predicted molar refractivity (Wildman–Crippen MR) is 115 cm³/mol. The highest BCUT2D eigenvalue weighted by Gasteiger charge is 2.14. The van der Waals surface area contributed by atoms with E-state index in [1.54, 1.807) is 19.1 Å². The summed E-state index contributed by atoms with van der Waals surface area (Å²) >= 11 is 2.83. The van der Waals surface area contributed by atoms with Crippen LogP contribution in [0.3, 0.4) is 0 Å². The molecule has 28 heavy (non-hydrogen) atoms. The van der Waals surface area contributed by atoms with Crippen LogP contribution in [0, 0.1) is 6.92 Å². The predicted octanol–water partition coefficient (Wildman–Crippen LogP) is 4.35. The van der Waals surface area contributed by atoms with Gasteiger partial charge in [-0.1, -0.05) is 53.4 Å². The minimum Gasteiger partial charge on any atom is -0.496 e. The number of amides is 1. The second kappa shape index (κ2) is 9.57. The molecule has 1 amide bonds. The number of aryl methyl sites for hydroxylation is 1. The first-order valence-corrected chi connectivity index (χ1v) is 10.5. The van der Waals surface area contributed by atoms with E-state index in [-0.39, 0.29) is 5.91 Å². The van der Waals surface area contributed by atoms with Gasteiger partial charge in [-0.15, -0.1) is 10.2 Å². The van der Waals surface area contributed by atoms with E-state index >= 15 is 0 Å². The summed E-state index contributed by atoms with van der Waals surface area (Å²) in [5.41, 5.74) is 3.12. The van der Waals surface area contributed by atoms with E-state index < -0.39 is 0 Å². The first-order valence-electron chi connectivity index (χ1n) is 8.71. The van der Waals surface area contributed by atoms with Crippen LogP contribution >= 0.6 is 23.1 Å². The second-order valence-corrected chi connectivity index (χ2v) is 8.42. The Morgan fingerprint density at radius 3 is 2.82 bits per heavy atom. The van der Waals surface area contributed by atoms with Gasteiger partial charge < -0.3 is 15.0 Å². The van der Waals surface area contributed by atoms with Gasteiger partial charge in [0.05, 0.1) is 12.9 Å². The Labute approximate surface area is 172 Å². The van der Waals surface area contributed by atoms with Crippen molar-refractivity contribution in [3.63, 3.8) is 0 Å². The fraction of sp³-hybridized carbons (Fsp3) is 0.250. The van der Waals surface area contributed by atoms with Crippen molar-refractivity contribution in [2.45, 2.75) is 17.8 Å². The van der Waals surface area contributed by atoms with E-state index in [1.165, 1.54) is 28.7 Å². The maximum atomic E-state index is 12.5. The van der Waals surface area contributed by atoms with Crippen LogP contribution in [0.2, 0.25) is 0 Å². The van der Waals surface area contributed by atoms with Crippen LogP contribution in [0.4, 0.5) is 10.8 Å². The number of hydrogen-bond acceptors (Lipinski definition) is 7. The summed E-state index contributed by atoms with van der Waals surface area (Å²) in [7, 11) is 3.43. The standard InChI is InChI=1S/C20H22N4O2S2/c1-14-7-6-9-16(11-14)21-19-22-23-20(28-19)27-13-18(25)24(2)12-15-8-4-5-10-17(15)26-3/h4-11H,12-13H2,1-3H3,(H,21,22). The molecule has 8 heteroatoms. The van der Waals surface area contributed by atoms with Crippen molar-refractivity contribution in [2.75, 3.05) is 25.2 Å². The fourth-order valence-electron chi connectivity index (χ4n) is 2.58. The van der Waals surface area contributed by atoms with Gasteiger partial charge in [0, 0.05) is 24.8 Å². The molecule has 0 saturated heterocycles. The number of hydrogen-bond donors (Lipinski definition) is 1. The lowest BCUT2D eigenvalue weighted by atomic mass is 10.2. The Balaban J connectivity index is 1.52. The summed E-state index contributed by atoms with van der Waals surface area (Å²) in [4.78, 5) is 14.2. The molecule has 0 aliphatic carbocycles. The molecule has 0 saturated carbocycles. The molecule has 6 nitrogen and oxygen atoms in total. The van der Waals surface area contributed by atoms with Crippen LogP contribution < -0.4 is 10.1 Å². The number of thioether (sulfide) groups is 1. The summed E-state index contributed by atoms with van der Waals surface area (Å²) in [6.45, 7) is 2.54. The average molecular weight is 415 g/mol. The zero-order chi connectivity index (χ0) is 19.9. The largest absolute Gasteiger partial charge is 0.496 e. The molecule has 0 aliphatic rings. The van der Waals surface area contributed by atoms with Crippen molar-refractivity contribution >= 4 is 39.8 Å². The van der Waals surface area contributed by atoms with Gasteiger partial charge in [0.1, 0.15) is 5.75 Å². The van der Waals surface area contributed by atoms with E-state index in [0.717, 1.165) is 21.3 Å². The molecule has 0 atom stereocenters. The van der Waals surface area contributed by atoms with Gasteiger partial charge in [-0.2, -0.15) is 0 Å². The number of nitrogens with zero attached hydrogens (tertiary/aromatic N) is 3. The fourth-order valence-corrected chi connectivity index (χ4v) is 4.29. The van der Waals surface area contributed by atoms with Crippen molar-refractivity contribution in [1.29, 1.82) is 0 Å². The molecule has 0 unspecified atom stereocenters. The maximum absolute atomic E-state index is 12.5. The third kappa shape index (κ3) is 5.46. The van der Waals surface area contributed by atoms with Crippen LogP contribution in [0.1, 0.15) is 11.1 Å². The van der Waals surface area contributed by atoms with Gasteiger partial charge in [-0.05, 0) is 30.7 Å². The van der Waals surface area contributed by atoms with Gasteiger partial charge in [0.15, 0.2) is 4.34 Å². The summed E-state index contributed by atoms with van der Waals surface area (Å²) in [5.74, 6) is 1.12. The first kappa shape index (κ1) is 20.2. The van der Waals surface area contributed by atoms with E-state index in [0.29, 0.717) is 17.4 Å². The lowest BCUT2D eigenvalue weighted by Gasteiger charge is -2.18. The SMILES string of the molecule is COc1ccccc1CN(C)C(=O)CSc1nnc(Nc2cccc(C)c2)s1. The smallest absolute Gasteiger partial charge is 0.233 e. The van der Waals surface area contributed by atoms with Gasteiger partial charge >= 0.3 is 0 Å². The van der Waals surface area contributed by atoms with Crippen molar-refractivity contribution in [3.8, 4) is 5.75 Å². The van der Waals surface area contributed by atoms with Crippen molar-refractivity contribution in [2.24, 2.45) is 0 Å². The highest BCUT2D eigenvalue weighted by Crippen LogP contribution is 2.28. The number of rotatable bonds is 8. The highest BCUT2D eigenvalue weighted by molar-refractivity contribution is 8.01. The number of carbonyl (C=O) groups is 1. The molecule has 3 rings (SSSR count). The molecule has 1 N–H and O–H groups in total. The number of anilines is 2. The van der Waals surface area contributed by atoms with Crippen LogP contribution in [0.5, 0.6) is 5.75 Å². The average Bonchev–Trinajstić information content (AvgIpc) is 3.13. The molecule has 146 valence electrons. The zero-order valence-corrected chi connectivity index (χ0v) is 17.6. The van der Waals surface area contributed by atoms with Crippen LogP contribution in [-0.2, 0) is 11.3 Å². The van der Waals surface area contributed by atoms with Gasteiger partial charge in [-0.3, -0.25) is 4.79 Å². The zero-order valence-electron chi connectivity index (χ0n) is 16.0. The number of methoxy groups -OCH3 is 1. The normalized spacial score (nSPS) is 10.5. The minimum atomic E-state index is 0.0271. The van der Waals surface area contributed by atoms with Gasteiger partial charge in [0.2, 0.25) is 11.0 Å². The van der Waals surface area contributed by atoms with Crippen LogP contribution in [0.15, 0.2) is 52.9 Å². The second-order valence-electron chi connectivity index (χ2n) is 6.22. The number of para-hydroxylation sites is 1. The van der Waals surface area contributed by atoms with E-state index in [4.69, 9.17) is 4.74 Å². The van der Waals surface area contributed by atoms with Crippen LogP contribution in [-0.4, -0.2) is 40.9 Å². The van der Waals surface area contributed by atoms with Crippen molar-refractivity contribution in [1.82, 2.24) is 15.1 Å². The van der Waals surface area contributed by atoms with E-state index in [9.17, 15) is 4.79 Å². The van der Waals surface area contributed by atoms with Crippen molar-refractivity contribution in [3.05, 3.63) is 59.7 Å². The quantitative estimate of drug-likeness (QED) is 0.553. The molecule has 3 aromatic rings. The van der Waals surface area contributed by atoms with Gasteiger partial charge in [0.25, 0.3) is 0 Å². The monoisotopic (exact) mass is 414 g/mol. The van der Waals surface area contributed by atoms with E-state index in [1.807, 2.05) is 55.5 Å². The van der Waals surface area contributed by atoms with E-state index in [2.05, 4.69) is 15.5 Å². The number of nitrogens with one attached hydrogen (secondary N) is 1. The highest BCUT2D eigenvalue weighted by atomic mass is 32.2. The topological polar surface area (TPSA) is 67.3 Å². The lowest BCUT2D eigenvalue weighted by Crippen LogP contribution is -2.27. The first-order chi connectivity index (χ1) is 13.5. The molecule has 1 heterocycles. The Morgan fingerprint density at radius 2 is 2.04 bits per heavy atom. The molecular weight excluding hydrogens is 392 g/mol. The third-order valence-corrected chi connectivity index (χ3v) is 5.98. The molecule has 0 radical (unpaired) electrons. The van der Waals surface area contributed by atoms with Crippen LogP contribution in [0.25, 0.3) is 0 Å². The lowest BCUT2D eigenvalue weighted by molar-refractivity contribution is -0.127. The summed E-state index contributed by atoms with van der Waals surface area (Å²) < 4.78 is 6.11. The van der Waals surface area contributed by atoms with Crippen molar-refractivity contribution < 1.29 is 9.53 Å². The molecule has 0 bridgehead atoms. The summed E-state index contributed by atoms with van der Waals surface area (Å²) in [6, 6.07) is 15.8. The summed E-state index contributed by atoms with van der Waals surface area (Å²) in [5, 5.41) is 12.3. The maximum Gasteiger partial charge on any atom is 0.233 e. The minimum absolute atomic E-state index is 0.0271. The number of ether oxygens (including phenoxy) is 1. The molecule has 1 aromatic heterocycles. The molecule has 0 fully saturated rings. The molecule has 2 aromatic carbocycles. The Hall–Kier alpha value is -2.58. The molecule has 0 aliphatic heterocycles. The Bertz CT molecular complexity index is 945. The summed E-state index contributed by atoms with van der Waals surface area (Å²) in [6.07, 6.45) is 0. The molecule has 0 spiro atoms. The Kier molecular flexibility index (Phi) is 6.89. The third-order valence-electron chi connectivity index (χ3n) is 4.02. The number of benzene rings is 2. The van der Waals surface area contributed by atoms with Gasteiger partial charge in [-0.25, -0.2) is 0 Å².